The molecule has 1 aliphatic carbocycles. The highest BCUT2D eigenvalue weighted by atomic mass is 16.2. The molecule has 2 aromatic heterocycles. The second-order valence-electron chi connectivity index (χ2n) is 18.6. The van der Waals surface area contributed by atoms with Crippen molar-refractivity contribution in [1.29, 1.82) is 0 Å². The predicted octanol–water partition coefficient (Wildman–Crippen LogP) is 4.29. The van der Waals surface area contributed by atoms with Crippen LogP contribution >= 0.6 is 0 Å². The van der Waals surface area contributed by atoms with E-state index in [9.17, 15) is 28.8 Å². The Kier molecular flexibility index (Phi) is 12.8. The third-order valence-electron chi connectivity index (χ3n) is 14.2. The van der Waals surface area contributed by atoms with Crippen LogP contribution in [0, 0.1) is 5.92 Å². The number of carbonyl (C=O) groups is 6. The van der Waals surface area contributed by atoms with Crippen LogP contribution in [0.25, 0.3) is 11.2 Å². The predicted molar refractivity (Wildman–Crippen MR) is 254 cm³/mol. The Morgan fingerprint density at radius 2 is 1.53 bits per heavy atom. The maximum atomic E-state index is 13.2. The Balaban J connectivity index is 0.616. The van der Waals surface area contributed by atoms with Crippen LogP contribution in [0.4, 0.5) is 22.9 Å². The highest BCUT2D eigenvalue weighted by Crippen LogP contribution is 2.36. The number of piperazine rings is 1. The number of imide groups is 2. The number of hydrogen-bond acceptors (Lipinski definition) is 13. The van der Waals surface area contributed by atoms with Gasteiger partial charge in [-0.1, -0.05) is 30.3 Å². The van der Waals surface area contributed by atoms with Gasteiger partial charge in [-0.3, -0.25) is 43.9 Å². The van der Waals surface area contributed by atoms with Crippen LogP contribution in [0.1, 0.15) is 83.7 Å². The zero-order valence-electron chi connectivity index (χ0n) is 37.9. The van der Waals surface area contributed by atoms with Gasteiger partial charge in [0.25, 0.3) is 11.8 Å². The fraction of sp³-hybridized carbons (Fsp3) is 0.420. The molecular formula is C50H56N12O6. The lowest BCUT2D eigenvalue weighted by atomic mass is 9.86. The van der Waals surface area contributed by atoms with Gasteiger partial charge in [0, 0.05) is 74.8 Å². The molecule has 0 bridgehead atoms. The molecule has 5 aliphatic rings. The summed E-state index contributed by atoms with van der Waals surface area (Å²) < 4.78 is 2.10. The topological polar surface area (TPSA) is 207 Å². The first-order valence-corrected chi connectivity index (χ1v) is 23.9. The van der Waals surface area contributed by atoms with Gasteiger partial charge in [-0.25, -0.2) is 15.0 Å². The van der Waals surface area contributed by atoms with Crippen molar-refractivity contribution in [3.63, 3.8) is 0 Å². The molecule has 6 amide bonds. The van der Waals surface area contributed by atoms with Gasteiger partial charge in [0.15, 0.2) is 17.0 Å². The molecule has 0 radical (unpaired) electrons. The van der Waals surface area contributed by atoms with Gasteiger partial charge in [0.05, 0.1) is 30.4 Å². The summed E-state index contributed by atoms with van der Waals surface area (Å²) in [5, 5.41) is 11.9. The zero-order valence-corrected chi connectivity index (χ0v) is 37.9. The number of nitrogens with zero attached hydrogens (tertiary/aromatic N) is 8. The number of amides is 6. The SMILES string of the molecule is O=C1CC[C@H](N2C(=O)c3ccc(NCC(=O)N4CCC(CCCN5CCN(c6ccc(Nc7ncnc8c7ncn8C7CC(NC(=O)Cc8ccccc8)C7)cc6)CC5)CC4)cc3C2=O)C(=O)N1. The number of piperidine rings is 2. The van der Waals surface area contributed by atoms with Crippen molar-refractivity contribution in [2.75, 3.05) is 67.9 Å². The first-order valence-electron chi connectivity index (χ1n) is 23.9. The lowest BCUT2D eigenvalue weighted by Gasteiger charge is -2.37. The molecule has 3 saturated heterocycles. The summed E-state index contributed by atoms with van der Waals surface area (Å²) in [4.78, 5) is 97.5. The van der Waals surface area contributed by atoms with Crippen LogP contribution in [0.5, 0.6) is 0 Å². The molecule has 1 saturated carbocycles. The van der Waals surface area contributed by atoms with Crippen molar-refractivity contribution >= 4 is 69.5 Å². The fourth-order valence-corrected chi connectivity index (χ4v) is 10.3. The Morgan fingerprint density at radius 1 is 0.779 bits per heavy atom. The van der Waals surface area contributed by atoms with E-state index < -0.39 is 29.7 Å². The molecule has 4 aliphatic heterocycles. The van der Waals surface area contributed by atoms with E-state index >= 15 is 0 Å². The molecule has 4 fully saturated rings. The molecule has 352 valence electrons. The molecule has 68 heavy (non-hydrogen) atoms. The van der Waals surface area contributed by atoms with Crippen LogP contribution < -0.4 is 26.2 Å². The Morgan fingerprint density at radius 3 is 2.29 bits per heavy atom. The first kappa shape index (κ1) is 44.6. The van der Waals surface area contributed by atoms with Gasteiger partial charge >= 0.3 is 0 Å². The Bertz CT molecular complexity index is 2710. The van der Waals surface area contributed by atoms with Gasteiger partial charge in [-0.2, -0.15) is 0 Å². The second kappa shape index (κ2) is 19.6. The van der Waals surface area contributed by atoms with Crippen LogP contribution in [0.2, 0.25) is 0 Å². The molecule has 1 atom stereocenters. The Hall–Kier alpha value is -7.21. The molecule has 18 heteroatoms. The van der Waals surface area contributed by atoms with Crippen LogP contribution in [-0.4, -0.2) is 134 Å². The smallest absolute Gasteiger partial charge is 0.262 e. The zero-order chi connectivity index (χ0) is 46.7. The van der Waals surface area contributed by atoms with E-state index in [1.54, 1.807) is 18.5 Å². The van der Waals surface area contributed by atoms with Crippen molar-refractivity contribution in [2.24, 2.45) is 5.92 Å². The van der Waals surface area contributed by atoms with E-state index in [4.69, 9.17) is 0 Å². The quantitative estimate of drug-likeness (QED) is 0.108. The number of likely N-dealkylation sites (tertiary alicyclic amines) is 1. The molecule has 6 heterocycles. The van der Waals surface area contributed by atoms with Crippen molar-refractivity contribution in [3.8, 4) is 0 Å². The van der Waals surface area contributed by atoms with Crippen LogP contribution in [-0.2, 0) is 25.6 Å². The maximum absolute atomic E-state index is 13.2. The number of hydrogen-bond donors (Lipinski definition) is 4. The summed E-state index contributed by atoms with van der Waals surface area (Å²) in [6, 6.07) is 22.3. The number of imidazole rings is 1. The van der Waals surface area contributed by atoms with E-state index in [2.05, 4.69) is 74.9 Å². The molecule has 5 aromatic rings. The molecule has 10 rings (SSSR count). The lowest BCUT2D eigenvalue weighted by Crippen LogP contribution is -2.54. The number of carbonyl (C=O) groups excluding carboxylic acids is 6. The monoisotopic (exact) mass is 920 g/mol. The standard InChI is InChI=1S/C50H56N12O6/c63-42-15-14-41(48(66)57-42)62-49(67)39-13-10-35(28-40(39)50(62)68)51-29-44(65)60-19-16-32(17-20-60)7-4-18-58-21-23-59(24-22-58)37-11-8-34(9-12-37)56-46-45-47(53-30-52-46)61(31-54-45)38-26-36(27-38)55-43(64)25-33-5-2-1-3-6-33/h1-3,5-6,8-13,28,30-32,36,38,41,51H,4,7,14-27,29H2,(H,55,64)(H,52,53,56)(H,57,63,66)/t36?,38?,41-/m0/s1. The van der Waals surface area contributed by atoms with Gasteiger partial charge in [0.2, 0.25) is 23.6 Å². The molecule has 3 aromatic carbocycles. The minimum Gasteiger partial charge on any atom is -0.376 e. The average Bonchev–Trinajstić information content (AvgIpc) is 3.88. The first-order chi connectivity index (χ1) is 33.1. The van der Waals surface area contributed by atoms with E-state index in [-0.39, 0.29) is 54.4 Å². The highest BCUT2D eigenvalue weighted by molar-refractivity contribution is 6.23. The maximum Gasteiger partial charge on any atom is 0.262 e. The van der Waals surface area contributed by atoms with E-state index in [1.807, 2.05) is 41.6 Å². The van der Waals surface area contributed by atoms with Crippen molar-refractivity contribution < 1.29 is 28.8 Å². The van der Waals surface area contributed by atoms with Crippen LogP contribution in [0.3, 0.4) is 0 Å². The largest absolute Gasteiger partial charge is 0.376 e. The molecule has 0 spiro atoms. The Labute approximate surface area is 393 Å². The molecule has 4 N–H and O–H groups in total. The third-order valence-corrected chi connectivity index (χ3v) is 14.2. The summed E-state index contributed by atoms with van der Waals surface area (Å²) in [5.41, 5.74) is 5.54. The van der Waals surface area contributed by atoms with E-state index in [0.717, 1.165) is 93.0 Å². The number of benzene rings is 3. The van der Waals surface area contributed by atoms with Gasteiger partial charge in [-0.05, 0) is 105 Å². The van der Waals surface area contributed by atoms with E-state index in [0.29, 0.717) is 42.5 Å². The molecule has 0 unspecified atom stereocenters. The highest BCUT2D eigenvalue weighted by Gasteiger charge is 2.44. The summed E-state index contributed by atoms with van der Waals surface area (Å²) in [6.07, 6.45) is 9.81. The molecular weight excluding hydrogens is 865 g/mol. The van der Waals surface area contributed by atoms with Gasteiger partial charge < -0.3 is 30.3 Å². The summed E-state index contributed by atoms with van der Waals surface area (Å²) in [5.74, 6) is -0.932. The van der Waals surface area contributed by atoms with Crippen molar-refractivity contribution in [2.45, 2.75) is 75.9 Å². The fourth-order valence-electron chi connectivity index (χ4n) is 10.3. The third kappa shape index (κ3) is 9.63. The minimum absolute atomic E-state index is 0.0151. The van der Waals surface area contributed by atoms with Gasteiger partial charge in [-0.15, -0.1) is 0 Å². The number of aromatic nitrogens is 4. The average molecular weight is 921 g/mol. The molecule has 18 nitrogen and oxygen atoms in total. The number of rotatable bonds is 15. The summed E-state index contributed by atoms with van der Waals surface area (Å²) in [6.45, 7) is 6.50. The minimum atomic E-state index is -1.02. The summed E-state index contributed by atoms with van der Waals surface area (Å²) in [7, 11) is 0. The van der Waals surface area contributed by atoms with Gasteiger partial charge in [0.1, 0.15) is 12.4 Å². The normalized spacial score (nSPS) is 21.1. The number of nitrogens with one attached hydrogen (secondary N) is 4. The van der Waals surface area contributed by atoms with E-state index in [1.165, 1.54) is 11.8 Å². The number of fused-ring (bicyclic) bond motifs is 2. The lowest BCUT2D eigenvalue weighted by molar-refractivity contribution is -0.136. The summed E-state index contributed by atoms with van der Waals surface area (Å²) >= 11 is 0. The van der Waals surface area contributed by atoms with Crippen LogP contribution in [0.15, 0.2) is 85.5 Å². The van der Waals surface area contributed by atoms with Crippen molar-refractivity contribution in [1.82, 2.24) is 44.9 Å². The van der Waals surface area contributed by atoms with Crippen molar-refractivity contribution in [3.05, 3.63) is 102 Å². The number of anilines is 4. The second-order valence-corrected chi connectivity index (χ2v) is 18.6.